The van der Waals surface area contributed by atoms with E-state index >= 15 is 0 Å². The first-order chi connectivity index (χ1) is 7.79. The average Bonchev–Trinajstić information content (AvgIpc) is 2.70. The van der Waals surface area contributed by atoms with E-state index in [-0.39, 0.29) is 0 Å². The summed E-state index contributed by atoms with van der Waals surface area (Å²) in [5.41, 5.74) is 1.22. The van der Waals surface area contributed by atoms with Crippen molar-refractivity contribution in [2.75, 3.05) is 19.8 Å². The van der Waals surface area contributed by atoms with Crippen molar-refractivity contribution in [3.05, 3.63) is 16.1 Å². The fourth-order valence-corrected chi connectivity index (χ4v) is 2.85. The molecule has 3 nitrogen and oxygen atoms in total. The number of thiazole rings is 1. The van der Waals surface area contributed by atoms with E-state index in [4.69, 9.17) is 4.74 Å². The molecule has 0 aliphatic carbocycles. The van der Waals surface area contributed by atoms with Crippen LogP contribution in [0.1, 0.15) is 31.0 Å². The third kappa shape index (κ3) is 3.03. The van der Waals surface area contributed by atoms with Gasteiger partial charge in [-0.3, -0.25) is 4.90 Å². The van der Waals surface area contributed by atoms with Crippen molar-refractivity contribution in [3.63, 3.8) is 0 Å². The molecule has 1 saturated heterocycles. The van der Waals surface area contributed by atoms with Crippen LogP contribution in [-0.2, 0) is 17.7 Å². The number of nitrogens with zero attached hydrogens (tertiary/aromatic N) is 2. The summed E-state index contributed by atoms with van der Waals surface area (Å²) in [6.07, 6.45) is 2.30. The quantitative estimate of drug-likeness (QED) is 0.807. The summed E-state index contributed by atoms with van der Waals surface area (Å²) in [5, 5.41) is 3.48. The molecule has 4 heteroatoms. The molecule has 2 heterocycles. The SMILES string of the molecule is CCCc1nc(CN2CCOC[C@@H]2C)cs1. The van der Waals surface area contributed by atoms with E-state index in [9.17, 15) is 0 Å². The molecular weight excluding hydrogens is 220 g/mol. The summed E-state index contributed by atoms with van der Waals surface area (Å²) in [5.74, 6) is 0. The van der Waals surface area contributed by atoms with Crippen LogP contribution in [0.3, 0.4) is 0 Å². The van der Waals surface area contributed by atoms with E-state index in [1.807, 2.05) is 0 Å². The second-order valence-electron chi connectivity index (χ2n) is 4.38. The van der Waals surface area contributed by atoms with Crippen LogP contribution < -0.4 is 0 Å². The van der Waals surface area contributed by atoms with E-state index in [0.717, 1.165) is 32.7 Å². The number of hydrogen-bond acceptors (Lipinski definition) is 4. The molecule has 90 valence electrons. The second-order valence-corrected chi connectivity index (χ2v) is 5.32. The van der Waals surface area contributed by atoms with E-state index in [1.54, 1.807) is 11.3 Å². The molecule has 0 bridgehead atoms. The second kappa shape index (κ2) is 5.75. The summed E-state index contributed by atoms with van der Waals surface area (Å²) in [4.78, 5) is 7.12. The molecule has 0 spiro atoms. The summed E-state index contributed by atoms with van der Waals surface area (Å²) >= 11 is 1.79. The Morgan fingerprint density at radius 3 is 3.25 bits per heavy atom. The Labute approximate surface area is 101 Å². The highest BCUT2D eigenvalue weighted by atomic mass is 32.1. The number of aryl methyl sites for hydroxylation is 1. The molecule has 0 amide bonds. The molecule has 1 aliphatic rings. The van der Waals surface area contributed by atoms with Gasteiger partial charge in [0.15, 0.2) is 0 Å². The zero-order valence-electron chi connectivity index (χ0n) is 10.1. The highest BCUT2D eigenvalue weighted by Crippen LogP contribution is 2.16. The lowest BCUT2D eigenvalue weighted by Gasteiger charge is -2.32. The molecule has 1 atom stereocenters. The molecule has 0 unspecified atom stereocenters. The van der Waals surface area contributed by atoms with Gasteiger partial charge in [-0.25, -0.2) is 4.98 Å². The third-order valence-corrected chi connectivity index (χ3v) is 3.89. The predicted octanol–water partition coefficient (Wildman–Crippen LogP) is 2.32. The number of rotatable bonds is 4. The van der Waals surface area contributed by atoms with Gasteiger partial charge in [0, 0.05) is 24.5 Å². The van der Waals surface area contributed by atoms with E-state index in [2.05, 4.69) is 29.1 Å². The smallest absolute Gasteiger partial charge is 0.0928 e. The van der Waals surface area contributed by atoms with E-state index in [0.29, 0.717) is 6.04 Å². The Balaban J connectivity index is 1.91. The maximum Gasteiger partial charge on any atom is 0.0928 e. The number of morpholine rings is 1. The van der Waals surface area contributed by atoms with E-state index in [1.165, 1.54) is 17.1 Å². The first-order valence-corrected chi connectivity index (χ1v) is 6.92. The summed E-state index contributed by atoms with van der Waals surface area (Å²) in [7, 11) is 0. The molecule has 1 aromatic rings. The predicted molar refractivity (Wildman–Crippen MR) is 66.8 cm³/mol. The van der Waals surface area contributed by atoms with Gasteiger partial charge in [-0.15, -0.1) is 11.3 Å². The van der Waals surface area contributed by atoms with Gasteiger partial charge >= 0.3 is 0 Å². The molecule has 1 fully saturated rings. The topological polar surface area (TPSA) is 25.4 Å². The molecule has 0 N–H and O–H groups in total. The maximum absolute atomic E-state index is 5.43. The minimum absolute atomic E-state index is 0.519. The molecule has 0 aromatic carbocycles. The Morgan fingerprint density at radius 2 is 2.50 bits per heavy atom. The zero-order valence-corrected chi connectivity index (χ0v) is 10.9. The first kappa shape index (κ1) is 12.0. The summed E-state index contributed by atoms with van der Waals surface area (Å²) in [6.45, 7) is 8.14. The summed E-state index contributed by atoms with van der Waals surface area (Å²) in [6, 6.07) is 0.519. The van der Waals surface area contributed by atoms with Gasteiger partial charge in [0.2, 0.25) is 0 Å². The van der Waals surface area contributed by atoms with Crippen molar-refractivity contribution in [2.24, 2.45) is 0 Å². The Morgan fingerprint density at radius 1 is 1.62 bits per heavy atom. The fourth-order valence-electron chi connectivity index (χ4n) is 1.95. The average molecular weight is 240 g/mol. The van der Waals surface area contributed by atoms with Crippen LogP contribution in [0.25, 0.3) is 0 Å². The van der Waals surface area contributed by atoms with Gasteiger partial charge in [0.1, 0.15) is 0 Å². The van der Waals surface area contributed by atoms with Gasteiger partial charge < -0.3 is 4.74 Å². The lowest BCUT2D eigenvalue weighted by atomic mass is 10.2. The van der Waals surface area contributed by atoms with Crippen LogP contribution in [0.5, 0.6) is 0 Å². The number of hydrogen-bond donors (Lipinski definition) is 0. The highest BCUT2D eigenvalue weighted by molar-refractivity contribution is 7.09. The van der Waals surface area contributed by atoms with Crippen molar-refractivity contribution in [1.82, 2.24) is 9.88 Å². The van der Waals surface area contributed by atoms with Crippen molar-refractivity contribution < 1.29 is 4.74 Å². The summed E-state index contributed by atoms with van der Waals surface area (Å²) < 4.78 is 5.43. The minimum atomic E-state index is 0.519. The van der Waals surface area contributed by atoms with Crippen molar-refractivity contribution in [3.8, 4) is 0 Å². The van der Waals surface area contributed by atoms with Crippen LogP contribution in [0, 0.1) is 0 Å². The van der Waals surface area contributed by atoms with Crippen LogP contribution in [0.2, 0.25) is 0 Å². The minimum Gasteiger partial charge on any atom is -0.379 e. The third-order valence-electron chi connectivity index (χ3n) is 2.93. The first-order valence-electron chi connectivity index (χ1n) is 6.04. The fraction of sp³-hybridized carbons (Fsp3) is 0.750. The van der Waals surface area contributed by atoms with Crippen LogP contribution in [-0.4, -0.2) is 35.7 Å². The van der Waals surface area contributed by atoms with Gasteiger partial charge in [0.05, 0.1) is 23.9 Å². The lowest BCUT2D eigenvalue weighted by Crippen LogP contribution is -2.42. The number of aromatic nitrogens is 1. The Bertz CT molecular complexity index is 327. The molecule has 0 radical (unpaired) electrons. The monoisotopic (exact) mass is 240 g/mol. The highest BCUT2D eigenvalue weighted by Gasteiger charge is 2.19. The number of ether oxygens (including phenoxy) is 1. The maximum atomic E-state index is 5.43. The van der Waals surface area contributed by atoms with Crippen LogP contribution >= 0.6 is 11.3 Å². The molecule has 16 heavy (non-hydrogen) atoms. The van der Waals surface area contributed by atoms with Crippen LogP contribution in [0.15, 0.2) is 5.38 Å². The molecule has 1 aliphatic heterocycles. The Kier molecular flexibility index (Phi) is 4.32. The molecule has 0 saturated carbocycles. The molecule has 2 rings (SSSR count). The van der Waals surface area contributed by atoms with Gasteiger partial charge in [-0.1, -0.05) is 6.92 Å². The molecule has 1 aromatic heterocycles. The van der Waals surface area contributed by atoms with Crippen molar-refractivity contribution in [1.29, 1.82) is 0 Å². The van der Waals surface area contributed by atoms with Crippen LogP contribution in [0.4, 0.5) is 0 Å². The normalized spacial score (nSPS) is 22.5. The zero-order chi connectivity index (χ0) is 11.4. The van der Waals surface area contributed by atoms with Gasteiger partial charge in [0.25, 0.3) is 0 Å². The lowest BCUT2D eigenvalue weighted by molar-refractivity contribution is -0.00484. The van der Waals surface area contributed by atoms with Crippen molar-refractivity contribution in [2.45, 2.75) is 39.3 Å². The standard InChI is InChI=1S/C12H20N2OS/c1-3-4-12-13-11(9-16-12)7-14-5-6-15-8-10(14)2/h9-10H,3-8H2,1-2H3/t10-/m0/s1. The largest absolute Gasteiger partial charge is 0.379 e. The van der Waals surface area contributed by atoms with Gasteiger partial charge in [-0.05, 0) is 19.8 Å². The molecular formula is C12H20N2OS. The van der Waals surface area contributed by atoms with Gasteiger partial charge in [-0.2, -0.15) is 0 Å². The van der Waals surface area contributed by atoms with E-state index < -0.39 is 0 Å². The van der Waals surface area contributed by atoms with Crippen molar-refractivity contribution >= 4 is 11.3 Å². The Hall–Kier alpha value is -0.450.